The lowest BCUT2D eigenvalue weighted by Gasteiger charge is -2.19. The summed E-state index contributed by atoms with van der Waals surface area (Å²) < 4.78 is 15.5. The second-order valence-corrected chi connectivity index (χ2v) is 6.01. The topological polar surface area (TPSA) is 86.0 Å². The Hall–Kier alpha value is -1.25. The van der Waals surface area contributed by atoms with Gasteiger partial charge < -0.3 is 25.3 Å². The zero-order chi connectivity index (χ0) is 17.5. The number of hydrogen-bond donors (Lipinski definition) is 2. The van der Waals surface area contributed by atoms with Crippen molar-refractivity contribution in [2.24, 2.45) is 5.73 Å². The molecule has 0 bridgehead atoms. The molecule has 2 rings (SSSR count). The van der Waals surface area contributed by atoms with Crippen LogP contribution in [-0.2, 0) is 16.1 Å². The zero-order valence-electron chi connectivity index (χ0n) is 15.4. The van der Waals surface area contributed by atoms with Crippen LogP contribution in [0.5, 0.6) is 11.5 Å². The average molecular weight is 410 g/mol. The molecule has 1 saturated heterocycles. The maximum Gasteiger partial charge on any atom is 0.239 e. The van der Waals surface area contributed by atoms with Crippen LogP contribution in [0.15, 0.2) is 18.2 Å². The quantitative estimate of drug-likeness (QED) is 0.670. The number of ether oxygens (including phenoxy) is 3. The highest BCUT2D eigenvalue weighted by Gasteiger charge is 2.25. The number of benzene rings is 1. The lowest BCUT2D eigenvalue weighted by molar-refractivity contribution is -0.124. The average Bonchev–Trinajstić information content (AvgIpc) is 3.01. The molecule has 0 radical (unpaired) electrons. The standard InChI is InChI=1S/C17H27N3O4.2ClH/c1-22-11-16(18)17(21)19-13-4-5-20(10-13)9-12-6-14(23-2)8-15(7-12)24-3;;/h6-8,13,16H,4-5,9-11,18H2,1-3H3,(H,19,21);2*1H. The van der Waals surface area contributed by atoms with Crippen LogP contribution in [-0.4, -0.2) is 63.9 Å². The van der Waals surface area contributed by atoms with Crippen molar-refractivity contribution >= 4 is 30.7 Å². The largest absolute Gasteiger partial charge is 0.497 e. The van der Waals surface area contributed by atoms with E-state index in [0.717, 1.165) is 43.1 Å². The molecule has 1 aliphatic rings. The van der Waals surface area contributed by atoms with Crippen LogP contribution in [0.1, 0.15) is 12.0 Å². The molecule has 0 saturated carbocycles. The Morgan fingerprint density at radius 1 is 1.23 bits per heavy atom. The van der Waals surface area contributed by atoms with E-state index < -0.39 is 6.04 Å². The van der Waals surface area contributed by atoms with Crippen molar-refractivity contribution in [3.05, 3.63) is 23.8 Å². The third-order valence-corrected chi connectivity index (χ3v) is 4.12. The van der Waals surface area contributed by atoms with E-state index in [4.69, 9.17) is 19.9 Å². The molecule has 2 atom stereocenters. The minimum Gasteiger partial charge on any atom is -0.497 e. The lowest BCUT2D eigenvalue weighted by Crippen LogP contribution is -2.48. The number of methoxy groups -OCH3 is 3. The Labute approximate surface area is 167 Å². The van der Waals surface area contributed by atoms with Gasteiger partial charge in [0, 0.05) is 38.9 Å². The lowest BCUT2D eigenvalue weighted by atomic mass is 10.2. The van der Waals surface area contributed by atoms with Gasteiger partial charge in [-0.15, -0.1) is 24.8 Å². The van der Waals surface area contributed by atoms with E-state index >= 15 is 0 Å². The van der Waals surface area contributed by atoms with E-state index in [1.165, 1.54) is 7.11 Å². The summed E-state index contributed by atoms with van der Waals surface area (Å²) in [6.07, 6.45) is 0.909. The first-order valence-electron chi connectivity index (χ1n) is 8.05. The number of nitrogens with zero attached hydrogens (tertiary/aromatic N) is 1. The predicted octanol–water partition coefficient (Wildman–Crippen LogP) is 1.21. The van der Waals surface area contributed by atoms with Gasteiger partial charge in [0.25, 0.3) is 0 Å². The molecule has 1 aromatic carbocycles. The number of halogens is 2. The summed E-state index contributed by atoms with van der Waals surface area (Å²) in [5, 5.41) is 2.99. The van der Waals surface area contributed by atoms with Gasteiger partial charge in [0.1, 0.15) is 17.5 Å². The van der Waals surface area contributed by atoms with Crippen molar-refractivity contribution < 1.29 is 19.0 Å². The van der Waals surface area contributed by atoms with Gasteiger partial charge in [0.2, 0.25) is 5.91 Å². The molecule has 0 aliphatic carbocycles. The molecule has 3 N–H and O–H groups in total. The van der Waals surface area contributed by atoms with Crippen LogP contribution < -0.4 is 20.5 Å². The number of amides is 1. The van der Waals surface area contributed by atoms with E-state index in [-0.39, 0.29) is 43.4 Å². The Bertz CT molecular complexity index is 541. The van der Waals surface area contributed by atoms with Gasteiger partial charge in [-0.05, 0) is 24.1 Å². The highest BCUT2D eigenvalue weighted by molar-refractivity contribution is 5.85. The molecule has 26 heavy (non-hydrogen) atoms. The second kappa shape index (κ2) is 12.2. The van der Waals surface area contributed by atoms with Crippen molar-refractivity contribution in [2.45, 2.75) is 25.0 Å². The Morgan fingerprint density at radius 2 is 1.85 bits per heavy atom. The summed E-state index contributed by atoms with van der Waals surface area (Å²) in [4.78, 5) is 14.2. The molecule has 7 nitrogen and oxygen atoms in total. The van der Waals surface area contributed by atoms with Crippen LogP contribution >= 0.6 is 24.8 Å². The smallest absolute Gasteiger partial charge is 0.239 e. The van der Waals surface area contributed by atoms with Crippen LogP contribution in [0.3, 0.4) is 0 Å². The molecule has 9 heteroatoms. The number of rotatable bonds is 8. The summed E-state index contributed by atoms with van der Waals surface area (Å²) in [5.74, 6) is 1.39. The van der Waals surface area contributed by atoms with Gasteiger partial charge in [-0.25, -0.2) is 0 Å². The third-order valence-electron chi connectivity index (χ3n) is 4.12. The summed E-state index contributed by atoms with van der Waals surface area (Å²) in [6, 6.07) is 5.36. The first-order chi connectivity index (χ1) is 11.5. The summed E-state index contributed by atoms with van der Waals surface area (Å²) in [6.45, 7) is 2.73. The van der Waals surface area contributed by atoms with E-state index in [1.54, 1.807) is 14.2 Å². The van der Waals surface area contributed by atoms with Gasteiger partial charge >= 0.3 is 0 Å². The number of carbonyl (C=O) groups is 1. The molecule has 1 aromatic rings. The maximum atomic E-state index is 12.0. The van der Waals surface area contributed by atoms with Gasteiger partial charge in [-0.3, -0.25) is 9.69 Å². The fraction of sp³-hybridized carbons (Fsp3) is 0.588. The third kappa shape index (κ3) is 7.17. The highest BCUT2D eigenvalue weighted by Crippen LogP contribution is 2.24. The summed E-state index contributed by atoms with van der Waals surface area (Å²) in [7, 11) is 4.82. The van der Waals surface area contributed by atoms with Crippen molar-refractivity contribution in [3.8, 4) is 11.5 Å². The fourth-order valence-electron chi connectivity index (χ4n) is 2.87. The van der Waals surface area contributed by atoms with E-state index in [2.05, 4.69) is 10.2 Å². The van der Waals surface area contributed by atoms with Gasteiger partial charge in [-0.1, -0.05) is 0 Å². The van der Waals surface area contributed by atoms with E-state index in [9.17, 15) is 4.79 Å². The summed E-state index contributed by atoms with van der Waals surface area (Å²) in [5.41, 5.74) is 6.87. The highest BCUT2D eigenvalue weighted by atomic mass is 35.5. The molecule has 1 heterocycles. The second-order valence-electron chi connectivity index (χ2n) is 6.01. The Balaban J connectivity index is 0.00000312. The minimum absolute atomic E-state index is 0. The Morgan fingerprint density at radius 3 is 2.38 bits per heavy atom. The molecule has 1 amide bonds. The van der Waals surface area contributed by atoms with Crippen molar-refractivity contribution in [1.82, 2.24) is 10.2 Å². The number of likely N-dealkylation sites (tertiary alicyclic amines) is 1. The molecule has 1 aliphatic heterocycles. The number of nitrogens with one attached hydrogen (secondary N) is 1. The van der Waals surface area contributed by atoms with E-state index in [0.29, 0.717) is 0 Å². The van der Waals surface area contributed by atoms with Crippen LogP contribution in [0, 0.1) is 0 Å². The SMILES string of the molecule is COCC(N)C(=O)NC1CCN(Cc2cc(OC)cc(OC)c2)C1.Cl.Cl. The predicted molar refractivity (Wildman–Crippen MR) is 106 cm³/mol. The van der Waals surface area contributed by atoms with Crippen molar-refractivity contribution in [3.63, 3.8) is 0 Å². The van der Waals surface area contributed by atoms with Gasteiger partial charge in [0.05, 0.1) is 20.8 Å². The fourth-order valence-corrected chi connectivity index (χ4v) is 2.87. The first-order valence-corrected chi connectivity index (χ1v) is 8.05. The molecular formula is C17H29Cl2N3O4. The van der Waals surface area contributed by atoms with Crippen LogP contribution in [0.2, 0.25) is 0 Å². The minimum atomic E-state index is -0.619. The van der Waals surface area contributed by atoms with Gasteiger partial charge in [0.15, 0.2) is 0 Å². The molecular weight excluding hydrogens is 381 g/mol. The van der Waals surface area contributed by atoms with E-state index in [1.807, 2.05) is 18.2 Å². The molecule has 0 aromatic heterocycles. The van der Waals surface area contributed by atoms with Crippen molar-refractivity contribution in [1.29, 1.82) is 0 Å². The number of hydrogen-bond acceptors (Lipinski definition) is 6. The maximum absolute atomic E-state index is 12.0. The van der Waals surface area contributed by atoms with Crippen LogP contribution in [0.4, 0.5) is 0 Å². The molecule has 0 spiro atoms. The first kappa shape index (κ1) is 24.8. The molecule has 1 fully saturated rings. The monoisotopic (exact) mass is 409 g/mol. The Kier molecular flexibility index (Phi) is 11.6. The van der Waals surface area contributed by atoms with Crippen LogP contribution in [0.25, 0.3) is 0 Å². The molecule has 150 valence electrons. The number of nitrogens with two attached hydrogens (primary N) is 1. The molecule has 2 unspecified atom stereocenters. The zero-order valence-corrected chi connectivity index (χ0v) is 17.0. The summed E-state index contributed by atoms with van der Waals surface area (Å²) >= 11 is 0. The number of carbonyl (C=O) groups excluding carboxylic acids is 1. The van der Waals surface area contributed by atoms with Crippen molar-refractivity contribution in [2.75, 3.05) is 41.0 Å². The van der Waals surface area contributed by atoms with Gasteiger partial charge in [-0.2, -0.15) is 0 Å². The normalized spacial score (nSPS) is 17.6.